The summed E-state index contributed by atoms with van der Waals surface area (Å²) in [6.45, 7) is 8.75. The van der Waals surface area contributed by atoms with Crippen molar-refractivity contribution in [2.45, 2.75) is 58.1 Å². The molecule has 208 valence electrons. The van der Waals surface area contributed by atoms with Crippen LogP contribution < -0.4 is 14.4 Å². The maximum atomic E-state index is 14.0. The molecule has 3 rings (SSSR count). The molecule has 1 N–H and O–H groups in total. The summed E-state index contributed by atoms with van der Waals surface area (Å²) in [7, 11) is -2.73. The highest BCUT2D eigenvalue weighted by atomic mass is 32.2. The number of ether oxygens (including phenoxy) is 1. The Morgan fingerprint density at radius 2 is 1.51 bits per heavy atom. The SMILES string of the molecule is COc1ccccc1N(CC(=O)N(Cc1ccccc1C)C(C)C(=O)NC(C)C)S(=O)(=O)c1ccc(C)cc1. The van der Waals surface area contributed by atoms with E-state index in [0.717, 1.165) is 21.0 Å². The summed E-state index contributed by atoms with van der Waals surface area (Å²) in [5, 5.41) is 2.86. The molecule has 0 bridgehead atoms. The fraction of sp³-hybridized carbons (Fsp3) is 0.333. The first-order chi connectivity index (χ1) is 18.4. The lowest BCUT2D eigenvalue weighted by Gasteiger charge is -2.33. The van der Waals surface area contributed by atoms with Crippen molar-refractivity contribution in [2.75, 3.05) is 18.0 Å². The zero-order chi connectivity index (χ0) is 28.7. The minimum atomic E-state index is -4.17. The van der Waals surface area contributed by atoms with Crippen LogP contribution in [0.1, 0.15) is 37.5 Å². The molecule has 39 heavy (non-hydrogen) atoms. The number of nitrogens with zero attached hydrogens (tertiary/aromatic N) is 2. The molecule has 0 heterocycles. The molecule has 0 saturated carbocycles. The Morgan fingerprint density at radius 1 is 0.897 bits per heavy atom. The van der Waals surface area contributed by atoms with Crippen molar-refractivity contribution in [3.63, 3.8) is 0 Å². The van der Waals surface area contributed by atoms with E-state index in [1.165, 1.54) is 24.1 Å². The van der Waals surface area contributed by atoms with Gasteiger partial charge < -0.3 is 15.0 Å². The lowest BCUT2D eigenvalue weighted by molar-refractivity contribution is -0.139. The molecule has 0 aliphatic heterocycles. The van der Waals surface area contributed by atoms with Crippen LogP contribution in [0.25, 0.3) is 0 Å². The predicted octanol–water partition coefficient (Wildman–Crippen LogP) is 4.45. The molecule has 0 aliphatic rings. The summed E-state index contributed by atoms with van der Waals surface area (Å²) < 4.78 is 34.4. The molecule has 9 heteroatoms. The number of rotatable bonds is 11. The standard InChI is InChI=1S/C30H37N3O5S/c1-21(2)31-30(35)24(5)32(19-25-12-8-7-11-23(25)4)29(34)20-33(27-13-9-10-14-28(27)38-6)39(36,37)26-17-15-22(3)16-18-26/h7-18,21,24H,19-20H2,1-6H3,(H,31,35). The zero-order valence-corrected chi connectivity index (χ0v) is 24.2. The van der Waals surface area contributed by atoms with Crippen molar-refractivity contribution in [3.05, 3.63) is 89.5 Å². The van der Waals surface area contributed by atoms with Crippen molar-refractivity contribution in [1.29, 1.82) is 0 Å². The van der Waals surface area contributed by atoms with Gasteiger partial charge in [-0.1, -0.05) is 54.1 Å². The average molecular weight is 552 g/mol. The third-order valence-electron chi connectivity index (χ3n) is 6.44. The second kappa shape index (κ2) is 12.8. The summed E-state index contributed by atoms with van der Waals surface area (Å²) in [5.41, 5.74) is 2.95. The van der Waals surface area contributed by atoms with Gasteiger partial charge in [-0.3, -0.25) is 13.9 Å². The van der Waals surface area contributed by atoms with E-state index in [4.69, 9.17) is 4.74 Å². The first-order valence-corrected chi connectivity index (χ1v) is 14.3. The van der Waals surface area contributed by atoms with E-state index < -0.39 is 28.5 Å². The van der Waals surface area contributed by atoms with Gasteiger partial charge in [0.2, 0.25) is 11.8 Å². The molecular weight excluding hydrogens is 514 g/mol. The predicted molar refractivity (Wildman–Crippen MR) is 153 cm³/mol. The van der Waals surface area contributed by atoms with Crippen LogP contribution in [-0.2, 0) is 26.2 Å². The fourth-order valence-electron chi connectivity index (χ4n) is 4.15. The number of nitrogens with one attached hydrogen (secondary N) is 1. The van der Waals surface area contributed by atoms with Gasteiger partial charge in [0, 0.05) is 12.6 Å². The fourth-order valence-corrected chi connectivity index (χ4v) is 5.57. The Bertz CT molecular complexity index is 1400. The molecule has 2 amide bonds. The molecule has 3 aromatic carbocycles. The molecule has 0 fully saturated rings. The van der Waals surface area contributed by atoms with Crippen LogP contribution in [0.5, 0.6) is 5.75 Å². The first-order valence-electron chi connectivity index (χ1n) is 12.8. The topological polar surface area (TPSA) is 96.0 Å². The van der Waals surface area contributed by atoms with Gasteiger partial charge in [0.25, 0.3) is 10.0 Å². The van der Waals surface area contributed by atoms with Crippen LogP contribution in [0.2, 0.25) is 0 Å². The zero-order valence-electron chi connectivity index (χ0n) is 23.3. The molecule has 0 saturated heterocycles. The quantitative estimate of drug-likeness (QED) is 0.380. The number of hydrogen-bond acceptors (Lipinski definition) is 5. The molecule has 0 radical (unpaired) electrons. The van der Waals surface area contributed by atoms with Crippen molar-refractivity contribution < 1.29 is 22.7 Å². The van der Waals surface area contributed by atoms with Crippen LogP contribution in [0.4, 0.5) is 5.69 Å². The second-order valence-electron chi connectivity index (χ2n) is 9.78. The summed E-state index contributed by atoms with van der Waals surface area (Å²) in [4.78, 5) is 28.5. The van der Waals surface area contributed by atoms with E-state index >= 15 is 0 Å². The minimum Gasteiger partial charge on any atom is -0.495 e. The first kappa shape index (κ1) is 29.7. The Hall–Kier alpha value is -3.85. The number of carbonyl (C=O) groups excluding carboxylic acids is 2. The van der Waals surface area contributed by atoms with Gasteiger partial charge in [-0.15, -0.1) is 0 Å². The van der Waals surface area contributed by atoms with E-state index in [0.29, 0.717) is 5.75 Å². The third kappa shape index (κ3) is 7.17. The van der Waals surface area contributed by atoms with Gasteiger partial charge in [0.1, 0.15) is 18.3 Å². The normalized spacial score (nSPS) is 12.1. The molecule has 3 aromatic rings. The van der Waals surface area contributed by atoms with E-state index in [-0.39, 0.29) is 29.1 Å². The van der Waals surface area contributed by atoms with E-state index in [2.05, 4.69) is 5.32 Å². The average Bonchev–Trinajstić information content (AvgIpc) is 2.90. The number of benzene rings is 3. The molecule has 0 aromatic heterocycles. The van der Waals surface area contributed by atoms with Crippen molar-refractivity contribution >= 4 is 27.5 Å². The molecule has 1 atom stereocenters. The second-order valence-corrected chi connectivity index (χ2v) is 11.6. The van der Waals surface area contributed by atoms with Crippen LogP contribution in [0.3, 0.4) is 0 Å². The molecule has 1 unspecified atom stereocenters. The van der Waals surface area contributed by atoms with Gasteiger partial charge in [-0.05, 0) is 70.0 Å². The molecule has 8 nitrogen and oxygen atoms in total. The van der Waals surface area contributed by atoms with Crippen LogP contribution in [0, 0.1) is 13.8 Å². The molecule has 0 aliphatic carbocycles. The van der Waals surface area contributed by atoms with E-state index in [9.17, 15) is 18.0 Å². The molecule has 0 spiro atoms. The minimum absolute atomic E-state index is 0.0443. The van der Waals surface area contributed by atoms with Gasteiger partial charge in [0.05, 0.1) is 17.7 Å². The number of carbonyl (C=O) groups is 2. The number of sulfonamides is 1. The largest absolute Gasteiger partial charge is 0.495 e. The monoisotopic (exact) mass is 551 g/mol. The highest BCUT2D eigenvalue weighted by Gasteiger charge is 2.34. The maximum Gasteiger partial charge on any atom is 0.264 e. The third-order valence-corrected chi connectivity index (χ3v) is 8.22. The Kier molecular flexibility index (Phi) is 9.75. The smallest absolute Gasteiger partial charge is 0.264 e. The number of para-hydroxylation sites is 2. The lowest BCUT2D eigenvalue weighted by Crippen LogP contribution is -2.52. The van der Waals surface area contributed by atoms with Gasteiger partial charge in [0.15, 0.2) is 0 Å². The van der Waals surface area contributed by atoms with Crippen molar-refractivity contribution in [1.82, 2.24) is 10.2 Å². The summed E-state index contributed by atoms with van der Waals surface area (Å²) in [6.07, 6.45) is 0. The van der Waals surface area contributed by atoms with Crippen molar-refractivity contribution in [2.24, 2.45) is 0 Å². The van der Waals surface area contributed by atoms with E-state index in [1.54, 1.807) is 43.3 Å². The number of hydrogen-bond donors (Lipinski definition) is 1. The Labute approximate surface area is 231 Å². The number of amides is 2. The highest BCUT2D eigenvalue weighted by molar-refractivity contribution is 7.92. The number of methoxy groups -OCH3 is 1. The maximum absolute atomic E-state index is 14.0. The van der Waals surface area contributed by atoms with Crippen LogP contribution in [-0.4, -0.2) is 50.9 Å². The Balaban J connectivity index is 2.08. The Morgan fingerprint density at radius 3 is 2.13 bits per heavy atom. The van der Waals surface area contributed by atoms with Crippen molar-refractivity contribution in [3.8, 4) is 5.75 Å². The van der Waals surface area contributed by atoms with E-state index in [1.807, 2.05) is 52.0 Å². The number of anilines is 1. The lowest BCUT2D eigenvalue weighted by atomic mass is 10.1. The van der Waals surface area contributed by atoms with Crippen LogP contribution in [0.15, 0.2) is 77.7 Å². The molecular formula is C30H37N3O5S. The van der Waals surface area contributed by atoms with Gasteiger partial charge in [-0.25, -0.2) is 8.42 Å². The van der Waals surface area contributed by atoms with Gasteiger partial charge in [-0.2, -0.15) is 0 Å². The highest BCUT2D eigenvalue weighted by Crippen LogP contribution is 2.32. The van der Waals surface area contributed by atoms with Gasteiger partial charge >= 0.3 is 0 Å². The summed E-state index contributed by atoms with van der Waals surface area (Å²) >= 11 is 0. The summed E-state index contributed by atoms with van der Waals surface area (Å²) in [5.74, 6) is -0.541. The summed E-state index contributed by atoms with van der Waals surface area (Å²) in [6, 6.07) is 19.7. The number of aryl methyl sites for hydroxylation is 2. The van der Waals surface area contributed by atoms with Crippen LogP contribution >= 0.6 is 0 Å².